The predicted molar refractivity (Wildman–Crippen MR) is 42.9 cm³/mol. The lowest BCUT2D eigenvalue weighted by Gasteiger charge is -2.16. The van der Waals surface area contributed by atoms with Crippen molar-refractivity contribution in [3.05, 3.63) is 0 Å². The summed E-state index contributed by atoms with van der Waals surface area (Å²) in [4.78, 5) is 21.0. The molecule has 70 valence electrons. The van der Waals surface area contributed by atoms with Crippen LogP contribution < -0.4 is 0 Å². The number of carboxylic acid groups (broad SMARTS) is 1. The van der Waals surface area contributed by atoms with Gasteiger partial charge in [-0.1, -0.05) is 13.8 Å². The summed E-state index contributed by atoms with van der Waals surface area (Å²) in [7, 11) is 0. The SMILES string of the molecule is CC(=O)C(OCC(=O)O)C(C)C. The molecule has 0 aliphatic heterocycles. The summed E-state index contributed by atoms with van der Waals surface area (Å²) in [6.45, 7) is 4.61. The van der Waals surface area contributed by atoms with Gasteiger partial charge in [-0.05, 0) is 12.8 Å². The van der Waals surface area contributed by atoms with E-state index in [-0.39, 0.29) is 11.7 Å². The summed E-state index contributed by atoms with van der Waals surface area (Å²) in [5, 5.41) is 8.29. The highest BCUT2D eigenvalue weighted by Crippen LogP contribution is 2.07. The first kappa shape index (κ1) is 11.1. The second-order valence-corrected chi connectivity index (χ2v) is 2.98. The van der Waals surface area contributed by atoms with Crippen LogP contribution in [-0.2, 0) is 14.3 Å². The molecule has 1 atom stereocenters. The van der Waals surface area contributed by atoms with Gasteiger partial charge in [0.15, 0.2) is 5.78 Å². The number of hydrogen-bond donors (Lipinski definition) is 1. The molecule has 4 heteroatoms. The van der Waals surface area contributed by atoms with Crippen LogP contribution in [0.3, 0.4) is 0 Å². The maximum Gasteiger partial charge on any atom is 0.329 e. The molecule has 0 amide bonds. The summed E-state index contributed by atoms with van der Waals surface area (Å²) in [6.07, 6.45) is -0.596. The van der Waals surface area contributed by atoms with Crippen molar-refractivity contribution in [1.29, 1.82) is 0 Å². The van der Waals surface area contributed by atoms with Crippen LogP contribution in [0.25, 0.3) is 0 Å². The fraction of sp³-hybridized carbons (Fsp3) is 0.750. The van der Waals surface area contributed by atoms with Crippen molar-refractivity contribution in [2.75, 3.05) is 6.61 Å². The Bertz CT molecular complexity index is 174. The lowest BCUT2D eigenvalue weighted by molar-refractivity contribution is -0.148. The average Bonchev–Trinajstić information content (AvgIpc) is 1.84. The third-order valence-corrected chi connectivity index (χ3v) is 1.39. The van der Waals surface area contributed by atoms with Gasteiger partial charge in [-0.15, -0.1) is 0 Å². The van der Waals surface area contributed by atoms with E-state index in [1.807, 2.05) is 13.8 Å². The largest absolute Gasteiger partial charge is 0.480 e. The molecule has 1 N–H and O–H groups in total. The van der Waals surface area contributed by atoms with Crippen LogP contribution in [0.2, 0.25) is 0 Å². The van der Waals surface area contributed by atoms with Crippen LogP contribution >= 0.6 is 0 Å². The van der Waals surface area contributed by atoms with E-state index in [1.54, 1.807) is 0 Å². The number of hydrogen-bond acceptors (Lipinski definition) is 3. The minimum atomic E-state index is -1.05. The van der Waals surface area contributed by atoms with Gasteiger partial charge < -0.3 is 9.84 Å². The molecule has 0 rings (SSSR count). The van der Waals surface area contributed by atoms with E-state index in [0.717, 1.165) is 0 Å². The zero-order chi connectivity index (χ0) is 9.72. The van der Waals surface area contributed by atoms with E-state index >= 15 is 0 Å². The summed E-state index contributed by atoms with van der Waals surface area (Å²) in [5.41, 5.74) is 0. The van der Waals surface area contributed by atoms with Gasteiger partial charge >= 0.3 is 5.97 Å². The van der Waals surface area contributed by atoms with Gasteiger partial charge in [-0.3, -0.25) is 4.79 Å². The fourth-order valence-electron chi connectivity index (χ4n) is 0.940. The van der Waals surface area contributed by atoms with E-state index < -0.39 is 18.7 Å². The van der Waals surface area contributed by atoms with Crippen LogP contribution in [0.4, 0.5) is 0 Å². The van der Waals surface area contributed by atoms with E-state index in [1.165, 1.54) is 6.92 Å². The third-order valence-electron chi connectivity index (χ3n) is 1.39. The molecule has 0 aromatic heterocycles. The molecule has 0 radical (unpaired) electrons. The van der Waals surface area contributed by atoms with Crippen molar-refractivity contribution < 1.29 is 19.4 Å². The lowest BCUT2D eigenvalue weighted by atomic mass is 10.0. The molecular weight excluding hydrogens is 160 g/mol. The van der Waals surface area contributed by atoms with E-state index in [0.29, 0.717) is 0 Å². The fourth-order valence-corrected chi connectivity index (χ4v) is 0.940. The van der Waals surface area contributed by atoms with Gasteiger partial charge in [0.1, 0.15) is 12.7 Å². The highest BCUT2D eigenvalue weighted by molar-refractivity contribution is 5.81. The number of ether oxygens (including phenoxy) is 1. The Morgan fingerprint density at radius 3 is 2.17 bits per heavy atom. The molecule has 0 aromatic carbocycles. The quantitative estimate of drug-likeness (QED) is 0.666. The number of carbonyl (C=O) groups is 2. The molecule has 0 saturated carbocycles. The van der Waals surface area contributed by atoms with Crippen molar-refractivity contribution >= 4 is 11.8 Å². The second-order valence-electron chi connectivity index (χ2n) is 2.98. The topological polar surface area (TPSA) is 63.6 Å². The number of aliphatic carboxylic acids is 1. The molecule has 0 aromatic rings. The Labute approximate surface area is 71.5 Å². The van der Waals surface area contributed by atoms with Crippen molar-refractivity contribution in [2.24, 2.45) is 5.92 Å². The predicted octanol–water partition coefficient (Wildman–Crippen LogP) is 0.701. The van der Waals surface area contributed by atoms with Crippen LogP contribution in [0, 0.1) is 5.92 Å². The number of carbonyl (C=O) groups excluding carboxylic acids is 1. The number of Topliss-reactive ketones (excluding diaryl/α,β-unsaturated/α-hetero) is 1. The van der Waals surface area contributed by atoms with Crippen LogP contribution in [0.5, 0.6) is 0 Å². The van der Waals surface area contributed by atoms with Crippen molar-refractivity contribution in [1.82, 2.24) is 0 Å². The highest BCUT2D eigenvalue weighted by atomic mass is 16.5. The van der Waals surface area contributed by atoms with Crippen LogP contribution in [0.1, 0.15) is 20.8 Å². The van der Waals surface area contributed by atoms with Gasteiger partial charge in [0.25, 0.3) is 0 Å². The summed E-state index contributed by atoms with van der Waals surface area (Å²) < 4.78 is 4.88. The number of carboxylic acids is 1. The minimum Gasteiger partial charge on any atom is -0.480 e. The van der Waals surface area contributed by atoms with Crippen LogP contribution in [0.15, 0.2) is 0 Å². The van der Waals surface area contributed by atoms with Crippen LogP contribution in [-0.4, -0.2) is 29.6 Å². The normalized spacial score (nSPS) is 13.0. The molecule has 0 saturated heterocycles. The molecule has 12 heavy (non-hydrogen) atoms. The molecule has 0 heterocycles. The maximum atomic E-state index is 10.9. The first-order chi connectivity index (χ1) is 5.45. The van der Waals surface area contributed by atoms with Gasteiger partial charge in [0.2, 0.25) is 0 Å². The molecule has 1 unspecified atom stereocenters. The molecule has 0 aliphatic rings. The summed E-state index contributed by atoms with van der Waals surface area (Å²) in [6, 6.07) is 0. The van der Waals surface area contributed by atoms with Crippen molar-refractivity contribution in [3.63, 3.8) is 0 Å². The molecule has 0 bridgehead atoms. The Morgan fingerprint density at radius 1 is 1.42 bits per heavy atom. The standard InChI is InChI=1S/C8H14O4/c1-5(2)8(6(3)9)12-4-7(10)11/h5,8H,4H2,1-3H3,(H,10,11). The number of rotatable bonds is 5. The van der Waals surface area contributed by atoms with Crippen molar-refractivity contribution in [2.45, 2.75) is 26.9 Å². The second kappa shape index (κ2) is 4.87. The van der Waals surface area contributed by atoms with E-state index in [4.69, 9.17) is 9.84 Å². The average molecular weight is 174 g/mol. The molecule has 4 nitrogen and oxygen atoms in total. The third kappa shape index (κ3) is 4.08. The number of ketones is 1. The Hall–Kier alpha value is -0.900. The Kier molecular flexibility index (Phi) is 4.51. The lowest BCUT2D eigenvalue weighted by Crippen LogP contribution is -2.29. The van der Waals surface area contributed by atoms with Gasteiger partial charge in [-0.2, -0.15) is 0 Å². The maximum absolute atomic E-state index is 10.9. The monoisotopic (exact) mass is 174 g/mol. The summed E-state index contributed by atoms with van der Waals surface area (Å²) >= 11 is 0. The zero-order valence-electron chi connectivity index (χ0n) is 7.53. The van der Waals surface area contributed by atoms with E-state index in [9.17, 15) is 9.59 Å². The zero-order valence-corrected chi connectivity index (χ0v) is 7.53. The Morgan fingerprint density at radius 2 is 1.92 bits per heavy atom. The van der Waals surface area contributed by atoms with Gasteiger partial charge in [0, 0.05) is 0 Å². The Balaban J connectivity index is 3.97. The minimum absolute atomic E-state index is 0.0156. The molecule has 0 spiro atoms. The van der Waals surface area contributed by atoms with Gasteiger partial charge in [0.05, 0.1) is 0 Å². The van der Waals surface area contributed by atoms with Crippen molar-refractivity contribution in [3.8, 4) is 0 Å². The summed E-state index contributed by atoms with van der Waals surface area (Å²) in [5.74, 6) is -1.17. The molecule has 0 aliphatic carbocycles. The smallest absolute Gasteiger partial charge is 0.329 e. The van der Waals surface area contributed by atoms with Gasteiger partial charge in [-0.25, -0.2) is 4.79 Å². The first-order valence-corrected chi connectivity index (χ1v) is 3.79. The first-order valence-electron chi connectivity index (χ1n) is 3.79. The highest BCUT2D eigenvalue weighted by Gasteiger charge is 2.19. The molecular formula is C8H14O4. The molecule has 0 fully saturated rings. The van der Waals surface area contributed by atoms with E-state index in [2.05, 4.69) is 0 Å².